The molecule has 1 atom stereocenters. The topological polar surface area (TPSA) is 51.0 Å². The van der Waals surface area contributed by atoms with Crippen molar-refractivity contribution in [3.63, 3.8) is 0 Å². The third-order valence-electron chi connectivity index (χ3n) is 2.76. The predicted molar refractivity (Wildman–Crippen MR) is 81.4 cm³/mol. The number of hydrogen-bond acceptors (Lipinski definition) is 5. The van der Waals surface area contributed by atoms with Gasteiger partial charge in [-0.3, -0.25) is 0 Å². The van der Waals surface area contributed by atoms with Crippen LogP contribution in [0.25, 0.3) is 0 Å². The third-order valence-corrected chi connectivity index (χ3v) is 3.92. The minimum Gasteiger partial charge on any atom is -0.339 e. The molecule has 5 heteroatoms. The average molecular weight is 285 g/mol. The summed E-state index contributed by atoms with van der Waals surface area (Å²) in [5.74, 6) is 4.27. The Hall–Kier alpha value is -0.550. The molecule has 19 heavy (non-hydrogen) atoms. The summed E-state index contributed by atoms with van der Waals surface area (Å²) in [7, 11) is 0. The first-order valence-electron chi connectivity index (χ1n) is 7.28. The summed E-state index contributed by atoms with van der Waals surface area (Å²) < 4.78 is 5.34. The smallest absolute Gasteiger partial charge is 0.228 e. The van der Waals surface area contributed by atoms with Gasteiger partial charge in [-0.2, -0.15) is 16.7 Å². The molecule has 0 fully saturated rings. The molecule has 0 spiro atoms. The molecular formula is C14H27N3OS. The highest BCUT2D eigenvalue weighted by atomic mass is 32.2. The van der Waals surface area contributed by atoms with E-state index in [4.69, 9.17) is 4.52 Å². The summed E-state index contributed by atoms with van der Waals surface area (Å²) in [6.07, 6.45) is 3.15. The molecule has 4 nitrogen and oxygen atoms in total. The molecule has 0 saturated heterocycles. The lowest BCUT2D eigenvalue weighted by Crippen LogP contribution is -2.32. The maximum atomic E-state index is 5.34. The van der Waals surface area contributed by atoms with E-state index in [1.807, 2.05) is 11.8 Å². The average Bonchev–Trinajstić information content (AvgIpc) is 2.76. The van der Waals surface area contributed by atoms with Gasteiger partial charge in [0.25, 0.3) is 0 Å². The van der Waals surface area contributed by atoms with E-state index in [2.05, 4.69) is 43.2 Å². The summed E-state index contributed by atoms with van der Waals surface area (Å²) in [6, 6.07) is 0.432. The van der Waals surface area contributed by atoms with Crippen molar-refractivity contribution in [2.24, 2.45) is 5.92 Å². The van der Waals surface area contributed by atoms with Crippen LogP contribution in [0, 0.1) is 5.92 Å². The van der Waals surface area contributed by atoms with Gasteiger partial charge in [-0.25, -0.2) is 0 Å². The summed E-state index contributed by atoms with van der Waals surface area (Å²) in [6.45, 7) is 9.77. The van der Waals surface area contributed by atoms with Gasteiger partial charge in [0.15, 0.2) is 5.82 Å². The number of hydrogen-bond donors (Lipinski definition) is 1. The zero-order chi connectivity index (χ0) is 14.1. The summed E-state index contributed by atoms with van der Waals surface area (Å²) in [5.41, 5.74) is 0. The van der Waals surface area contributed by atoms with E-state index in [0.29, 0.717) is 12.0 Å². The van der Waals surface area contributed by atoms with Crippen LogP contribution in [0.3, 0.4) is 0 Å². The zero-order valence-electron chi connectivity index (χ0n) is 12.6. The molecule has 0 aliphatic carbocycles. The van der Waals surface area contributed by atoms with E-state index in [9.17, 15) is 0 Å². The first-order valence-corrected chi connectivity index (χ1v) is 8.43. The van der Waals surface area contributed by atoms with Crippen LogP contribution in [-0.4, -0.2) is 28.5 Å². The second kappa shape index (κ2) is 9.37. The molecule has 0 aliphatic rings. The highest BCUT2D eigenvalue weighted by Gasteiger charge is 2.15. The third kappa shape index (κ3) is 6.97. The fraction of sp³-hybridized carbons (Fsp3) is 0.857. The molecule has 0 amide bonds. The van der Waals surface area contributed by atoms with Crippen LogP contribution in [0.1, 0.15) is 52.3 Å². The second-order valence-electron chi connectivity index (χ2n) is 5.25. The van der Waals surface area contributed by atoms with E-state index >= 15 is 0 Å². The Morgan fingerprint density at radius 3 is 2.74 bits per heavy atom. The van der Waals surface area contributed by atoms with Gasteiger partial charge in [0.2, 0.25) is 5.89 Å². The first kappa shape index (κ1) is 16.5. The van der Waals surface area contributed by atoms with Crippen molar-refractivity contribution in [3.05, 3.63) is 11.7 Å². The van der Waals surface area contributed by atoms with Crippen molar-refractivity contribution < 1.29 is 4.52 Å². The van der Waals surface area contributed by atoms with E-state index in [1.54, 1.807) is 0 Å². The van der Waals surface area contributed by atoms with Crippen LogP contribution in [0.4, 0.5) is 0 Å². The van der Waals surface area contributed by atoms with Crippen molar-refractivity contribution in [2.45, 2.75) is 58.8 Å². The Labute approximate surface area is 121 Å². The van der Waals surface area contributed by atoms with Crippen LogP contribution in [0.15, 0.2) is 4.52 Å². The molecule has 0 aromatic carbocycles. The Balaban J connectivity index is 2.45. The van der Waals surface area contributed by atoms with Gasteiger partial charge in [0.1, 0.15) is 0 Å². The van der Waals surface area contributed by atoms with Gasteiger partial charge in [0, 0.05) is 12.5 Å². The number of nitrogens with zero attached hydrogens (tertiary/aromatic N) is 2. The highest BCUT2D eigenvalue weighted by Crippen LogP contribution is 2.13. The molecule has 1 aromatic heterocycles. The Bertz CT molecular complexity index is 341. The molecular weight excluding hydrogens is 258 g/mol. The number of rotatable bonds is 10. The summed E-state index contributed by atoms with van der Waals surface area (Å²) in [5, 5.41) is 7.54. The molecule has 1 rings (SSSR count). The summed E-state index contributed by atoms with van der Waals surface area (Å²) >= 11 is 1.86. The van der Waals surface area contributed by atoms with Crippen LogP contribution < -0.4 is 5.32 Å². The lowest BCUT2D eigenvalue weighted by Gasteiger charge is -2.17. The molecule has 0 bridgehead atoms. The van der Waals surface area contributed by atoms with Crippen LogP contribution in [0.5, 0.6) is 0 Å². The standard InChI is InChI=1S/C14H27N3OS/c1-5-7-19-10-13-16-14(18-17-13)9-12(15-6-2)8-11(3)4/h11-12,15H,5-10H2,1-4H3. The number of nitrogens with one attached hydrogen (secondary N) is 1. The zero-order valence-corrected chi connectivity index (χ0v) is 13.4. The first-order chi connectivity index (χ1) is 9.15. The molecule has 1 N–H and O–H groups in total. The molecule has 1 aromatic rings. The highest BCUT2D eigenvalue weighted by molar-refractivity contribution is 7.98. The normalized spacial score (nSPS) is 13.1. The minimum atomic E-state index is 0.432. The van der Waals surface area contributed by atoms with Gasteiger partial charge in [0.05, 0.1) is 5.75 Å². The Morgan fingerprint density at radius 2 is 2.11 bits per heavy atom. The molecule has 1 heterocycles. The van der Waals surface area contributed by atoms with Gasteiger partial charge < -0.3 is 9.84 Å². The van der Waals surface area contributed by atoms with E-state index in [-0.39, 0.29) is 0 Å². The van der Waals surface area contributed by atoms with E-state index in [0.717, 1.165) is 42.6 Å². The van der Waals surface area contributed by atoms with Gasteiger partial charge in [-0.05, 0) is 31.1 Å². The van der Waals surface area contributed by atoms with Crippen LogP contribution in [0.2, 0.25) is 0 Å². The van der Waals surface area contributed by atoms with Crippen molar-refractivity contribution in [1.29, 1.82) is 0 Å². The van der Waals surface area contributed by atoms with E-state index in [1.165, 1.54) is 6.42 Å². The predicted octanol–water partition coefficient (Wildman–Crippen LogP) is 3.28. The van der Waals surface area contributed by atoms with Crippen molar-refractivity contribution in [2.75, 3.05) is 12.3 Å². The molecule has 0 saturated carbocycles. The Morgan fingerprint density at radius 1 is 1.32 bits per heavy atom. The fourth-order valence-electron chi connectivity index (χ4n) is 2.05. The lowest BCUT2D eigenvalue weighted by molar-refractivity contribution is 0.338. The van der Waals surface area contributed by atoms with Crippen molar-refractivity contribution >= 4 is 11.8 Å². The largest absolute Gasteiger partial charge is 0.339 e. The SMILES string of the molecule is CCCSCc1noc(CC(CC(C)C)NCC)n1. The fourth-order valence-corrected chi connectivity index (χ4v) is 2.78. The van der Waals surface area contributed by atoms with Crippen LogP contribution in [-0.2, 0) is 12.2 Å². The number of aromatic nitrogens is 2. The van der Waals surface area contributed by atoms with Gasteiger partial charge in [-0.15, -0.1) is 0 Å². The quantitative estimate of drug-likeness (QED) is 0.669. The van der Waals surface area contributed by atoms with Gasteiger partial charge >= 0.3 is 0 Å². The molecule has 0 aliphatic heterocycles. The van der Waals surface area contributed by atoms with Crippen molar-refractivity contribution in [1.82, 2.24) is 15.5 Å². The maximum absolute atomic E-state index is 5.34. The number of likely N-dealkylation sites (N-methyl/N-ethyl adjacent to an activating group) is 1. The molecule has 0 radical (unpaired) electrons. The second-order valence-corrected chi connectivity index (χ2v) is 6.35. The minimum absolute atomic E-state index is 0.432. The monoisotopic (exact) mass is 285 g/mol. The molecule has 110 valence electrons. The van der Waals surface area contributed by atoms with Crippen LogP contribution >= 0.6 is 11.8 Å². The van der Waals surface area contributed by atoms with Crippen molar-refractivity contribution in [3.8, 4) is 0 Å². The van der Waals surface area contributed by atoms with Gasteiger partial charge in [-0.1, -0.05) is 32.9 Å². The lowest BCUT2D eigenvalue weighted by atomic mass is 10.0. The van der Waals surface area contributed by atoms with E-state index < -0.39 is 0 Å². The Kier molecular flexibility index (Phi) is 8.14. The summed E-state index contributed by atoms with van der Waals surface area (Å²) in [4.78, 5) is 4.47. The maximum Gasteiger partial charge on any atom is 0.228 e. The molecule has 1 unspecified atom stereocenters. The number of thioether (sulfide) groups is 1.